The lowest BCUT2D eigenvalue weighted by Gasteiger charge is -2.30. The van der Waals surface area contributed by atoms with Crippen LogP contribution < -0.4 is 5.32 Å². The molecule has 1 atom stereocenters. The van der Waals surface area contributed by atoms with Gasteiger partial charge in [-0.3, -0.25) is 14.5 Å². The van der Waals surface area contributed by atoms with Gasteiger partial charge in [-0.15, -0.1) is 0 Å². The Balaban J connectivity index is 1.96. The number of anilines is 1. The fourth-order valence-corrected chi connectivity index (χ4v) is 2.33. The Kier molecular flexibility index (Phi) is 4.87. The number of hydrogen-bond donors (Lipinski definition) is 1. The van der Waals surface area contributed by atoms with E-state index < -0.39 is 0 Å². The first-order valence-electron chi connectivity index (χ1n) is 6.80. The van der Waals surface area contributed by atoms with Crippen molar-refractivity contribution < 1.29 is 14.3 Å². The molecule has 0 saturated carbocycles. The van der Waals surface area contributed by atoms with E-state index in [9.17, 15) is 9.59 Å². The lowest BCUT2D eigenvalue weighted by atomic mass is 10.1. The third kappa shape index (κ3) is 3.88. The molecule has 2 rings (SSSR count). The molecular formula is C15H20N2O3. The minimum absolute atomic E-state index is 0.0547. The molecule has 1 aromatic carbocycles. The number of morpholine rings is 1. The minimum Gasteiger partial charge on any atom is -0.376 e. The van der Waals surface area contributed by atoms with Gasteiger partial charge in [0.05, 0.1) is 24.9 Å². The Morgan fingerprint density at radius 1 is 1.40 bits per heavy atom. The number of ether oxygens (including phenoxy) is 1. The summed E-state index contributed by atoms with van der Waals surface area (Å²) in [4.78, 5) is 25.6. The minimum atomic E-state index is -0.104. The Hall–Kier alpha value is -1.72. The smallest absolute Gasteiger partial charge is 0.238 e. The van der Waals surface area contributed by atoms with Crippen molar-refractivity contribution in [3.05, 3.63) is 29.8 Å². The van der Waals surface area contributed by atoms with Crippen LogP contribution in [0.5, 0.6) is 0 Å². The van der Waals surface area contributed by atoms with Crippen LogP contribution in [0.4, 0.5) is 5.69 Å². The van der Waals surface area contributed by atoms with E-state index in [0.29, 0.717) is 24.4 Å². The van der Waals surface area contributed by atoms with Crippen LogP contribution in [0, 0.1) is 0 Å². The number of ketones is 1. The maximum absolute atomic E-state index is 12.1. The molecule has 108 valence electrons. The van der Waals surface area contributed by atoms with E-state index in [1.54, 1.807) is 24.3 Å². The standard InChI is InChI=1S/C15H20N2O3/c1-11-9-17(7-8-20-11)10-15(19)16-14-6-4-3-5-13(14)12(2)18/h3-6,11H,7-10H2,1-2H3,(H,16,19). The van der Waals surface area contributed by atoms with Gasteiger partial charge in [-0.2, -0.15) is 0 Å². The monoisotopic (exact) mass is 276 g/mol. The number of hydrogen-bond acceptors (Lipinski definition) is 4. The van der Waals surface area contributed by atoms with E-state index in [1.165, 1.54) is 6.92 Å². The van der Waals surface area contributed by atoms with Crippen molar-refractivity contribution in [2.45, 2.75) is 20.0 Å². The molecule has 20 heavy (non-hydrogen) atoms. The van der Waals surface area contributed by atoms with Crippen molar-refractivity contribution in [1.29, 1.82) is 0 Å². The quantitative estimate of drug-likeness (QED) is 0.848. The second-order valence-corrected chi connectivity index (χ2v) is 5.07. The van der Waals surface area contributed by atoms with E-state index in [1.807, 2.05) is 6.92 Å². The van der Waals surface area contributed by atoms with E-state index in [0.717, 1.165) is 13.1 Å². The summed E-state index contributed by atoms with van der Waals surface area (Å²) in [6.45, 7) is 5.97. The molecule has 5 nitrogen and oxygen atoms in total. The van der Waals surface area contributed by atoms with E-state index in [4.69, 9.17) is 4.74 Å². The first kappa shape index (κ1) is 14.7. The number of Topliss-reactive ketones (excluding diaryl/α,β-unsaturated/α-hetero) is 1. The molecule has 1 heterocycles. The lowest BCUT2D eigenvalue weighted by Crippen LogP contribution is -2.44. The largest absolute Gasteiger partial charge is 0.376 e. The van der Waals surface area contributed by atoms with E-state index in [-0.39, 0.29) is 17.8 Å². The number of nitrogens with zero attached hydrogens (tertiary/aromatic N) is 1. The highest BCUT2D eigenvalue weighted by atomic mass is 16.5. The molecular weight excluding hydrogens is 256 g/mol. The van der Waals surface area contributed by atoms with Gasteiger partial charge in [0.25, 0.3) is 0 Å². The average Bonchev–Trinajstić information content (AvgIpc) is 2.38. The average molecular weight is 276 g/mol. The molecule has 1 aliphatic heterocycles. The SMILES string of the molecule is CC(=O)c1ccccc1NC(=O)CN1CCOC(C)C1. The third-order valence-electron chi connectivity index (χ3n) is 3.27. The van der Waals surface area contributed by atoms with Gasteiger partial charge in [-0.1, -0.05) is 12.1 Å². The highest BCUT2D eigenvalue weighted by Gasteiger charge is 2.19. The molecule has 1 aromatic rings. The highest BCUT2D eigenvalue weighted by Crippen LogP contribution is 2.15. The second-order valence-electron chi connectivity index (χ2n) is 5.07. The first-order chi connectivity index (χ1) is 9.56. The van der Waals surface area contributed by atoms with Gasteiger partial charge in [0.1, 0.15) is 0 Å². The van der Waals surface area contributed by atoms with Crippen molar-refractivity contribution in [1.82, 2.24) is 4.90 Å². The fourth-order valence-electron chi connectivity index (χ4n) is 2.33. The Morgan fingerprint density at radius 2 is 2.15 bits per heavy atom. The van der Waals surface area contributed by atoms with Crippen LogP contribution in [0.15, 0.2) is 24.3 Å². The van der Waals surface area contributed by atoms with Crippen LogP contribution in [0.3, 0.4) is 0 Å². The zero-order valence-electron chi connectivity index (χ0n) is 11.9. The zero-order chi connectivity index (χ0) is 14.5. The number of benzene rings is 1. The van der Waals surface area contributed by atoms with E-state index in [2.05, 4.69) is 10.2 Å². The van der Waals surface area contributed by atoms with Crippen molar-refractivity contribution in [2.75, 3.05) is 31.6 Å². The predicted octanol–water partition coefficient (Wildman–Crippen LogP) is 1.55. The molecule has 1 N–H and O–H groups in total. The normalized spacial score (nSPS) is 19.6. The molecule has 0 radical (unpaired) electrons. The van der Waals surface area contributed by atoms with Gasteiger partial charge in [0.2, 0.25) is 5.91 Å². The summed E-state index contributed by atoms with van der Waals surface area (Å²) in [5.74, 6) is -0.159. The predicted molar refractivity (Wildman–Crippen MR) is 76.9 cm³/mol. The van der Waals surface area contributed by atoms with Gasteiger partial charge < -0.3 is 10.1 Å². The Bertz CT molecular complexity index is 502. The van der Waals surface area contributed by atoms with Crippen LogP contribution in [-0.4, -0.2) is 48.9 Å². The zero-order valence-corrected chi connectivity index (χ0v) is 11.9. The summed E-state index contributed by atoms with van der Waals surface area (Å²) in [6, 6.07) is 7.06. The fraction of sp³-hybridized carbons (Fsp3) is 0.467. The molecule has 5 heteroatoms. The molecule has 1 aliphatic rings. The third-order valence-corrected chi connectivity index (χ3v) is 3.27. The maximum Gasteiger partial charge on any atom is 0.238 e. The Labute approximate surface area is 118 Å². The van der Waals surface area contributed by atoms with E-state index >= 15 is 0 Å². The van der Waals surface area contributed by atoms with Crippen LogP contribution in [0.1, 0.15) is 24.2 Å². The number of carbonyl (C=O) groups is 2. The molecule has 0 bridgehead atoms. The summed E-state index contributed by atoms with van der Waals surface area (Å²) in [5.41, 5.74) is 1.11. The summed E-state index contributed by atoms with van der Waals surface area (Å²) < 4.78 is 5.44. The van der Waals surface area contributed by atoms with Crippen molar-refractivity contribution in [2.24, 2.45) is 0 Å². The van der Waals surface area contributed by atoms with Gasteiger partial charge in [0.15, 0.2) is 5.78 Å². The molecule has 1 unspecified atom stereocenters. The number of carbonyl (C=O) groups excluding carboxylic acids is 2. The Morgan fingerprint density at radius 3 is 2.85 bits per heavy atom. The molecule has 0 aromatic heterocycles. The van der Waals surface area contributed by atoms with Crippen molar-refractivity contribution in [3.63, 3.8) is 0 Å². The molecule has 1 saturated heterocycles. The van der Waals surface area contributed by atoms with Gasteiger partial charge in [0, 0.05) is 18.7 Å². The highest BCUT2D eigenvalue weighted by molar-refractivity contribution is 6.04. The van der Waals surface area contributed by atoms with Crippen LogP contribution in [0.25, 0.3) is 0 Å². The summed E-state index contributed by atoms with van der Waals surface area (Å²) >= 11 is 0. The van der Waals surface area contributed by atoms with Gasteiger partial charge in [-0.05, 0) is 26.0 Å². The molecule has 0 aliphatic carbocycles. The first-order valence-corrected chi connectivity index (χ1v) is 6.80. The van der Waals surface area contributed by atoms with Gasteiger partial charge in [-0.25, -0.2) is 0 Å². The van der Waals surface area contributed by atoms with Crippen LogP contribution in [-0.2, 0) is 9.53 Å². The number of nitrogens with one attached hydrogen (secondary N) is 1. The van der Waals surface area contributed by atoms with Gasteiger partial charge >= 0.3 is 0 Å². The molecule has 1 fully saturated rings. The number of para-hydroxylation sites is 1. The number of rotatable bonds is 4. The molecule has 0 spiro atoms. The van der Waals surface area contributed by atoms with Crippen LogP contribution in [0.2, 0.25) is 0 Å². The topological polar surface area (TPSA) is 58.6 Å². The maximum atomic E-state index is 12.1. The summed E-state index contributed by atoms with van der Waals surface area (Å²) in [5, 5.41) is 2.81. The molecule has 1 amide bonds. The lowest BCUT2D eigenvalue weighted by molar-refractivity contribution is -0.119. The number of amides is 1. The summed E-state index contributed by atoms with van der Waals surface area (Å²) in [7, 11) is 0. The van der Waals surface area contributed by atoms with Crippen LogP contribution >= 0.6 is 0 Å². The van der Waals surface area contributed by atoms with Crippen molar-refractivity contribution >= 4 is 17.4 Å². The second kappa shape index (κ2) is 6.63. The summed E-state index contributed by atoms with van der Waals surface area (Å²) in [6.07, 6.45) is 0.154. The van der Waals surface area contributed by atoms with Crippen molar-refractivity contribution in [3.8, 4) is 0 Å².